The van der Waals surface area contributed by atoms with Crippen LogP contribution in [-0.2, 0) is 0 Å². The fourth-order valence-corrected chi connectivity index (χ4v) is 3.44. The summed E-state index contributed by atoms with van der Waals surface area (Å²) in [7, 11) is 0. The summed E-state index contributed by atoms with van der Waals surface area (Å²) in [5, 5.41) is 9.29. The zero-order valence-corrected chi connectivity index (χ0v) is 16.2. The van der Waals surface area contributed by atoms with Crippen LogP contribution in [0.5, 0.6) is 0 Å². The number of carbonyl (C=O) groups excluding carboxylic acids is 2. The molecule has 1 fully saturated rings. The van der Waals surface area contributed by atoms with Gasteiger partial charge in [0.15, 0.2) is 0 Å². The standard InChI is InChI=1S/C20H21Cl2N3O2/c21-14-8-11-17(22)18(12-14)25-20(27)24-16-9-6-13(7-10-16)19(26)23-15-4-2-1-3-5-15/h6-12,15H,1-5H2,(H,23,26)(H2,24,25,27). The van der Waals surface area contributed by atoms with Crippen LogP contribution in [0.2, 0.25) is 10.0 Å². The smallest absolute Gasteiger partial charge is 0.323 e. The third-order valence-electron chi connectivity index (χ3n) is 4.52. The van der Waals surface area contributed by atoms with Gasteiger partial charge in [0.05, 0.1) is 10.7 Å². The Kier molecular flexibility index (Phi) is 6.58. The van der Waals surface area contributed by atoms with E-state index in [-0.39, 0.29) is 11.9 Å². The minimum absolute atomic E-state index is 0.0800. The van der Waals surface area contributed by atoms with Crippen LogP contribution in [0.25, 0.3) is 0 Å². The van der Waals surface area contributed by atoms with Gasteiger partial charge >= 0.3 is 6.03 Å². The summed E-state index contributed by atoms with van der Waals surface area (Å²) < 4.78 is 0. The van der Waals surface area contributed by atoms with Gasteiger partial charge in [-0.05, 0) is 55.3 Å². The van der Waals surface area contributed by atoms with E-state index in [4.69, 9.17) is 23.2 Å². The summed E-state index contributed by atoms with van der Waals surface area (Å²) in [6, 6.07) is 11.4. The molecule has 3 amide bonds. The average molecular weight is 406 g/mol. The van der Waals surface area contributed by atoms with E-state index >= 15 is 0 Å². The van der Waals surface area contributed by atoms with Gasteiger partial charge in [0.25, 0.3) is 5.91 Å². The van der Waals surface area contributed by atoms with E-state index in [1.165, 1.54) is 19.3 Å². The molecular weight excluding hydrogens is 385 g/mol. The van der Waals surface area contributed by atoms with Crippen LogP contribution in [0.4, 0.5) is 16.2 Å². The molecule has 1 aliphatic carbocycles. The van der Waals surface area contributed by atoms with Crippen LogP contribution in [-0.4, -0.2) is 18.0 Å². The first-order chi connectivity index (χ1) is 13.0. The largest absolute Gasteiger partial charge is 0.349 e. The molecule has 7 heteroatoms. The van der Waals surface area contributed by atoms with E-state index in [1.54, 1.807) is 42.5 Å². The van der Waals surface area contributed by atoms with Crippen LogP contribution in [0.1, 0.15) is 42.5 Å². The number of urea groups is 1. The number of nitrogens with one attached hydrogen (secondary N) is 3. The minimum Gasteiger partial charge on any atom is -0.349 e. The summed E-state index contributed by atoms with van der Waals surface area (Å²) in [6.07, 6.45) is 5.66. The second kappa shape index (κ2) is 9.11. The Balaban J connectivity index is 1.55. The van der Waals surface area contributed by atoms with Crippen LogP contribution in [0.3, 0.4) is 0 Å². The normalized spacial score (nSPS) is 14.4. The molecule has 3 N–H and O–H groups in total. The highest BCUT2D eigenvalue weighted by molar-refractivity contribution is 6.35. The number of amides is 3. The number of benzene rings is 2. The molecule has 0 aromatic heterocycles. The first-order valence-electron chi connectivity index (χ1n) is 8.95. The molecule has 3 rings (SSSR count). The molecule has 1 saturated carbocycles. The Labute approximate surface area is 168 Å². The highest BCUT2D eigenvalue weighted by Gasteiger charge is 2.16. The van der Waals surface area contributed by atoms with Crippen LogP contribution < -0.4 is 16.0 Å². The lowest BCUT2D eigenvalue weighted by atomic mass is 9.95. The maximum Gasteiger partial charge on any atom is 0.323 e. The Morgan fingerprint density at radius 2 is 1.59 bits per heavy atom. The Bertz CT molecular complexity index is 818. The Morgan fingerprint density at radius 3 is 2.30 bits per heavy atom. The van der Waals surface area contributed by atoms with E-state index in [1.807, 2.05) is 0 Å². The van der Waals surface area contributed by atoms with Gasteiger partial charge in [-0.25, -0.2) is 4.79 Å². The highest BCUT2D eigenvalue weighted by atomic mass is 35.5. The third kappa shape index (κ3) is 5.62. The van der Waals surface area contributed by atoms with Gasteiger partial charge in [-0.2, -0.15) is 0 Å². The molecule has 2 aromatic carbocycles. The SMILES string of the molecule is O=C(Nc1ccc(C(=O)NC2CCCCC2)cc1)Nc1cc(Cl)ccc1Cl. The van der Waals surface area contributed by atoms with Gasteiger partial charge in [-0.3, -0.25) is 4.79 Å². The number of halogens is 2. The molecule has 0 spiro atoms. The van der Waals surface area contributed by atoms with Gasteiger partial charge in [0.1, 0.15) is 0 Å². The molecule has 27 heavy (non-hydrogen) atoms. The monoisotopic (exact) mass is 405 g/mol. The average Bonchev–Trinajstić information content (AvgIpc) is 2.66. The molecular formula is C20H21Cl2N3O2. The van der Waals surface area contributed by atoms with E-state index < -0.39 is 6.03 Å². The summed E-state index contributed by atoms with van der Waals surface area (Å²) in [6.45, 7) is 0. The molecule has 142 valence electrons. The zero-order chi connectivity index (χ0) is 19.2. The summed E-state index contributed by atoms with van der Waals surface area (Å²) >= 11 is 11.9. The predicted octanol–water partition coefficient (Wildman–Crippen LogP) is 5.70. The van der Waals surface area contributed by atoms with Crippen molar-refractivity contribution in [3.8, 4) is 0 Å². The lowest BCUT2D eigenvalue weighted by Crippen LogP contribution is -2.36. The molecule has 0 unspecified atom stereocenters. The van der Waals surface area contributed by atoms with Gasteiger partial charge in [-0.15, -0.1) is 0 Å². The molecule has 2 aromatic rings. The first-order valence-corrected chi connectivity index (χ1v) is 9.71. The molecule has 0 saturated heterocycles. The van der Waals surface area contributed by atoms with Crippen LogP contribution in [0, 0.1) is 0 Å². The Morgan fingerprint density at radius 1 is 0.889 bits per heavy atom. The van der Waals surface area contributed by atoms with Crippen molar-refractivity contribution >= 4 is 46.5 Å². The number of hydrogen-bond acceptors (Lipinski definition) is 2. The molecule has 0 bridgehead atoms. The lowest BCUT2D eigenvalue weighted by Gasteiger charge is -2.22. The van der Waals surface area contributed by atoms with Gasteiger partial charge < -0.3 is 16.0 Å². The fraction of sp³-hybridized carbons (Fsp3) is 0.300. The van der Waals surface area contributed by atoms with Crippen molar-refractivity contribution in [3.63, 3.8) is 0 Å². The lowest BCUT2D eigenvalue weighted by molar-refractivity contribution is 0.0927. The second-order valence-electron chi connectivity index (χ2n) is 6.59. The maximum absolute atomic E-state index is 12.3. The number of anilines is 2. The van der Waals surface area contributed by atoms with Crippen molar-refractivity contribution < 1.29 is 9.59 Å². The first kappa shape index (κ1) is 19.5. The molecule has 0 heterocycles. The molecule has 5 nitrogen and oxygen atoms in total. The van der Waals surface area contributed by atoms with Crippen LogP contribution in [0.15, 0.2) is 42.5 Å². The molecule has 0 atom stereocenters. The molecule has 0 radical (unpaired) electrons. The quantitative estimate of drug-likeness (QED) is 0.610. The van der Waals surface area contributed by atoms with Crippen molar-refractivity contribution in [1.82, 2.24) is 5.32 Å². The molecule has 1 aliphatic rings. The van der Waals surface area contributed by atoms with E-state index in [0.717, 1.165) is 12.8 Å². The van der Waals surface area contributed by atoms with Crippen LogP contribution >= 0.6 is 23.2 Å². The van der Waals surface area contributed by atoms with Crippen molar-refractivity contribution in [2.24, 2.45) is 0 Å². The number of hydrogen-bond donors (Lipinski definition) is 3. The fourth-order valence-electron chi connectivity index (χ4n) is 3.10. The molecule has 0 aliphatic heterocycles. The third-order valence-corrected chi connectivity index (χ3v) is 5.09. The maximum atomic E-state index is 12.3. The van der Waals surface area contributed by atoms with Crippen molar-refractivity contribution in [2.75, 3.05) is 10.6 Å². The predicted molar refractivity (Wildman–Crippen MR) is 110 cm³/mol. The van der Waals surface area contributed by atoms with Crippen molar-refractivity contribution in [3.05, 3.63) is 58.1 Å². The van der Waals surface area contributed by atoms with E-state index in [9.17, 15) is 9.59 Å². The highest BCUT2D eigenvalue weighted by Crippen LogP contribution is 2.25. The van der Waals surface area contributed by atoms with E-state index in [2.05, 4.69) is 16.0 Å². The number of carbonyl (C=O) groups is 2. The van der Waals surface area contributed by atoms with E-state index in [0.29, 0.717) is 27.0 Å². The zero-order valence-electron chi connectivity index (χ0n) is 14.7. The van der Waals surface area contributed by atoms with Gasteiger partial charge in [0, 0.05) is 22.3 Å². The minimum atomic E-state index is -0.446. The second-order valence-corrected chi connectivity index (χ2v) is 7.43. The van der Waals surface area contributed by atoms with Gasteiger partial charge in [0.2, 0.25) is 0 Å². The topological polar surface area (TPSA) is 70.2 Å². The van der Waals surface area contributed by atoms with Crippen molar-refractivity contribution in [1.29, 1.82) is 0 Å². The summed E-state index contributed by atoms with van der Waals surface area (Å²) in [4.78, 5) is 24.4. The summed E-state index contributed by atoms with van der Waals surface area (Å²) in [5.41, 5.74) is 1.56. The van der Waals surface area contributed by atoms with Crippen molar-refractivity contribution in [2.45, 2.75) is 38.1 Å². The van der Waals surface area contributed by atoms with Gasteiger partial charge in [-0.1, -0.05) is 42.5 Å². The Hall–Kier alpha value is -2.24. The summed E-state index contributed by atoms with van der Waals surface area (Å²) in [5.74, 6) is -0.0800. The number of rotatable bonds is 4.